The number of aromatic nitrogens is 5. The molecule has 5 aromatic rings. The fraction of sp³-hybridized carbons (Fsp3) is 0.160. The van der Waals surface area contributed by atoms with E-state index in [2.05, 4.69) is 30.7 Å². The molecule has 10 heteroatoms. The second kappa shape index (κ2) is 8.64. The number of halogens is 1. The summed E-state index contributed by atoms with van der Waals surface area (Å²) >= 11 is 0. The number of amides is 1. The molecule has 0 atom stereocenters. The number of piperazine rings is 1. The van der Waals surface area contributed by atoms with Crippen molar-refractivity contribution in [1.29, 1.82) is 0 Å². The number of fused-ring (bicyclic) bond motifs is 3. The fourth-order valence-electron chi connectivity index (χ4n) is 4.36. The average molecular weight is 468 g/mol. The molecule has 0 bridgehead atoms. The molecule has 2 aromatic heterocycles. The topological polar surface area (TPSA) is 91.5 Å². The zero-order chi connectivity index (χ0) is 23.8. The normalized spacial score (nSPS) is 14.0. The second-order valence-electron chi connectivity index (χ2n) is 8.32. The van der Waals surface area contributed by atoms with Crippen LogP contribution in [0.15, 0.2) is 72.8 Å². The van der Waals surface area contributed by atoms with Crippen molar-refractivity contribution in [3.63, 3.8) is 0 Å². The van der Waals surface area contributed by atoms with E-state index < -0.39 is 0 Å². The fourth-order valence-corrected chi connectivity index (χ4v) is 4.36. The molecule has 1 saturated heterocycles. The number of hydrogen-bond donors (Lipinski definition) is 1. The van der Waals surface area contributed by atoms with Gasteiger partial charge in [-0.15, -0.1) is 5.10 Å². The molecule has 1 aliphatic heterocycles. The summed E-state index contributed by atoms with van der Waals surface area (Å²) in [5.41, 5.74) is 4.32. The van der Waals surface area contributed by atoms with Gasteiger partial charge >= 0.3 is 0 Å². The summed E-state index contributed by atoms with van der Waals surface area (Å²) in [7, 11) is 0. The Morgan fingerprint density at radius 3 is 2.54 bits per heavy atom. The molecule has 6 rings (SSSR count). The Bertz CT molecular complexity index is 1530. The number of carbonyl (C=O) groups excluding carboxylic acids is 1. The van der Waals surface area contributed by atoms with Crippen LogP contribution in [0.5, 0.6) is 0 Å². The molecule has 1 N–H and O–H groups in total. The molecule has 35 heavy (non-hydrogen) atoms. The highest BCUT2D eigenvalue weighted by Crippen LogP contribution is 2.24. The summed E-state index contributed by atoms with van der Waals surface area (Å²) in [6.45, 7) is 2.56. The average Bonchev–Trinajstić information content (AvgIpc) is 3.40. The molecule has 1 aliphatic rings. The van der Waals surface area contributed by atoms with Gasteiger partial charge in [0.2, 0.25) is 5.65 Å². The van der Waals surface area contributed by atoms with E-state index in [1.54, 1.807) is 16.6 Å². The van der Waals surface area contributed by atoms with Crippen molar-refractivity contribution >= 4 is 39.8 Å². The van der Waals surface area contributed by atoms with Gasteiger partial charge in [0, 0.05) is 43.1 Å². The van der Waals surface area contributed by atoms with E-state index >= 15 is 0 Å². The van der Waals surface area contributed by atoms with Crippen molar-refractivity contribution in [3.05, 3.63) is 84.2 Å². The molecule has 0 unspecified atom stereocenters. The number of nitrogens with zero attached hydrogens (tertiary/aromatic N) is 7. The maximum absolute atomic E-state index is 13.2. The molecule has 3 heterocycles. The molecule has 0 saturated carbocycles. The van der Waals surface area contributed by atoms with Crippen LogP contribution < -0.4 is 10.2 Å². The molecular formula is C25H21FN8O. The first-order chi connectivity index (χ1) is 17.2. The smallest absolute Gasteiger partial charge is 0.254 e. The monoisotopic (exact) mass is 468 g/mol. The highest BCUT2D eigenvalue weighted by atomic mass is 19.1. The SMILES string of the molecule is O=C(c1cccc(Nc2nc3ccccc3n3nnnc23)c1)N1CCN(c2ccc(F)cc2)CC1. The van der Waals surface area contributed by atoms with Crippen molar-refractivity contribution in [2.45, 2.75) is 0 Å². The highest BCUT2D eigenvalue weighted by molar-refractivity contribution is 5.95. The van der Waals surface area contributed by atoms with E-state index in [9.17, 15) is 9.18 Å². The number of nitrogens with one attached hydrogen (secondary N) is 1. The number of tetrazole rings is 1. The maximum Gasteiger partial charge on any atom is 0.254 e. The first kappa shape index (κ1) is 21.0. The van der Waals surface area contributed by atoms with Crippen LogP contribution in [-0.2, 0) is 0 Å². The van der Waals surface area contributed by atoms with Crippen LogP contribution >= 0.6 is 0 Å². The minimum absolute atomic E-state index is 0.0341. The predicted molar refractivity (Wildman–Crippen MR) is 130 cm³/mol. The summed E-state index contributed by atoms with van der Waals surface area (Å²) in [6, 6.07) is 21.4. The standard InChI is InChI=1S/C25H21FN8O/c26-18-8-10-20(11-9-18)32-12-14-33(15-13-32)25(35)17-4-3-5-19(16-17)27-23-24-29-30-31-34(24)22-7-2-1-6-21(22)28-23/h1-11,16H,12-15H2,(H,27,28). The third-order valence-corrected chi connectivity index (χ3v) is 6.15. The van der Waals surface area contributed by atoms with E-state index in [1.807, 2.05) is 53.4 Å². The summed E-state index contributed by atoms with van der Waals surface area (Å²) in [4.78, 5) is 21.9. The molecule has 1 fully saturated rings. The van der Waals surface area contributed by atoms with Crippen LogP contribution in [0.3, 0.4) is 0 Å². The van der Waals surface area contributed by atoms with Crippen molar-refractivity contribution in [2.75, 3.05) is 36.4 Å². The Kier molecular flexibility index (Phi) is 5.17. The Balaban J connectivity index is 1.20. The van der Waals surface area contributed by atoms with Gasteiger partial charge in [0.05, 0.1) is 11.0 Å². The first-order valence-corrected chi connectivity index (χ1v) is 11.3. The number of para-hydroxylation sites is 2. The van der Waals surface area contributed by atoms with Crippen LogP contribution in [0.25, 0.3) is 16.7 Å². The molecule has 3 aromatic carbocycles. The summed E-state index contributed by atoms with van der Waals surface area (Å²) < 4.78 is 14.9. The van der Waals surface area contributed by atoms with Gasteiger partial charge in [0.1, 0.15) is 5.82 Å². The quantitative estimate of drug-likeness (QED) is 0.432. The third kappa shape index (κ3) is 3.99. The van der Waals surface area contributed by atoms with Gasteiger partial charge < -0.3 is 15.1 Å². The van der Waals surface area contributed by atoms with E-state index in [0.717, 1.165) is 16.7 Å². The predicted octanol–water partition coefficient (Wildman–Crippen LogP) is 3.52. The molecule has 174 valence electrons. The summed E-state index contributed by atoms with van der Waals surface area (Å²) in [5, 5.41) is 15.3. The van der Waals surface area contributed by atoms with Crippen LogP contribution in [-0.4, -0.2) is 62.0 Å². The number of anilines is 3. The van der Waals surface area contributed by atoms with Crippen LogP contribution in [0, 0.1) is 5.82 Å². The number of rotatable bonds is 4. The van der Waals surface area contributed by atoms with E-state index in [1.165, 1.54) is 12.1 Å². The van der Waals surface area contributed by atoms with Crippen LogP contribution in [0.1, 0.15) is 10.4 Å². The number of hydrogen-bond acceptors (Lipinski definition) is 7. The van der Waals surface area contributed by atoms with Crippen LogP contribution in [0.4, 0.5) is 21.6 Å². The Labute approximate surface area is 199 Å². The Morgan fingerprint density at radius 1 is 0.914 bits per heavy atom. The van der Waals surface area contributed by atoms with Gasteiger partial charge in [0.15, 0.2) is 5.82 Å². The molecule has 0 spiro atoms. The zero-order valence-electron chi connectivity index (χ0n) is 18.7. The van der Waals surface area contributed by atoms with Gasteiger partial charge in [-0.25, -0.2) is 9.37 Å². The van der Waals surface area contributed by atoms with Gasteiger partial charge in [-0.05, 0) is 65.0 Å². The van der Waals surface area contributed by atoms with Gasteiger partial charge in [-0.1, -0.05) is 18.2 Å². The van der Waals surface area contributed by atoms with Crippen molar-refractivity contribution in [2.24, 2.45) is 0 Å². The second-order valence-corrected chi connectivity index (χ2v) is 8.32. The van der Waals surface area contributed by atoms with Gasteiger partial charge in [0.25, 0.3) is 5.91 Å². The first-order valence-electron chi connectivity index (χ1n) is 11.3. The van der Waals surface area contributed by atoms with Gasteiger partial charge in [-0.2, -0.15) is 4.52 Å². The lowest BCUT2D eigenvalue weighted by Gasteiger charge is -2.36. The third-order valence-electron chi connectivity index (χ3n) is 6.15. The zero-order valence-corrected chi connectivity index (χ0v) is 18.7. The Hall–Kier alpha value is -4.60. The largest absolute Gasteiger partial charge is 0.368 e. The maximum atomic E-state index is 13.2. The van der Waals surface area contributed by atoms with Gasteiger partial charge in [-0.3, -0.25) is 4.79 Å². The molecule has 0 radical (unpaired) electrons. The minimum atomic E-state index is -0.254. The molecule has 1 amide bonds. The summed E-state index contributed by atoms with van der Waals surface area (Å²) in [6.07, 6.45) is 0. The summed E-state index contributed by atoms with van der Waals surface area (Å²) in [5.74, 6) is 0.218. The van der Waals surface area contributed by atoms with E-state index in [4.69, 9.17) is 0 Å². The van der Waals surface area contributed by atoms with Crippen molar-refractivity contribution < 1.29 is 9.18 Å². The van der Waals surface area contributed by atoms with Crippen molar-refractivity contribution in [3.8, 4) is 0 Å². The molecule has 9 nitrogen and oxygen atoms in total. The highest BCUT2D eigenvalue weighted by Gasteiger charge is 2.23. The van der Waals surface area contributed by atoms with Crippen molar-refractivity contribution in [1.82, 2.24) is 29.9 Å². The van der Waals surface area contributed by atoms with E-state index in [0.29, 0.717) is 48.9 Å². The molecule has 0 aliphatic carbocycles. The Morgan fingerprint density at radius 2 is 1.71 bits per heavy atom. The lowest BCUT2D eigenvalue weighted by Crippen LogP contribution is -2.48. The number of carbonyl (C=O) groups is 1. The van der Waals surface area contributed by atoms with E-state index in [-0.39, 0.29) is 11.7 Å². The lowest BCUT2D eigenvalue weighted by atomic mass is 10.1. The lowest BCUT2D eigenvalue weighted by molar-refractivity contribution is 0.0747. The molecular weight excluding hydrogens is 447 g/mol. The number of benzene rings is 3. The minimum Gasteiger partial charge on any atom is -0.368 e. The van der Waals surface area contributed by atoms with Crippen LogP contribution in [0.2, 0.25) is 0 Å².